The van der Waals surface area contributed by atoms with Crippen molar-refractivity contribution in [2.75, 3.05) is 5.43 Å². The van der Waals surface area contributed by atoms with E-state index in [9.17, 15) is 4.79 Å². The number of hydrogen-bond donors (Lipinski definition) is 1. The summed E-state index contributed by atoms with van der Waals surface area (Å²) in [4.78, 5) is 12.7. The van der Waals surface area contributed by atoms with Crippen LogP contribution in [0.5, 0.6) is 0 Å². The average molecular weight is 344 g/mol. The van der Waals surface area contributed by atoms with Crippen LogP contribution < -0.4 is 10.3 Å². The topological polar surface area (TPSA) is 46.4 Å². The maximum absolute atomic E-state index is 12.1. The number of para-hydroxylation sites is 1. The zero-order valence-electron chi connectivity index (χ0n) is 12.1. The maximum Gasteiger partial charge on any atom is 0.309 e. The quantitative estimate of drug-likeness (QED) is 0.561. The Bertz CT molecular complexity index is 857. The minimum Gasteiger partial charge on any atom is -0.284 e. The van der Waals surface area contributed by atoms with Crippen LogP contribution in [-0.4, -0.2) is 10.8 Å². The third kappa shape index (κ3) is 3.88. The minimum atomic E-state index is -0.0972. The standard InChI is InChI=1S/C17H14ClN3OS/c18-16-15(11-19-20-14-9-5-2-6-10-14)23-17(22)21(16)12-13-7-3-1-4-8-13/h1-11,20H,12H2. The molecule has 116 valence electrons. The van der Waals surface area contributed by atoms with Crippen LogP contribution in [0, 0.1) is 0 Å². The first-order chi connectivity index (χ1) is 11.2. The highest BCUT2D eigenvalue weighted by molar-refractivity contribution is 7.11. The predicted molar refractivity (Wildman–Crippen MR) is 96.8 cm³/mol. The number of rotatable bonds is 5. The Kier molecular flexibility index (Phi) is 4.90. The van der Waals surface area contributed by atoms with E-state index in [0.717, 1.165) is 22.6 Å². The van der Waals surface area contributed by atoms with E-state index in [1.807, 2.05) is 60.7 Å². The molecule has 0 amide bonds. The molecule has 0 saturated carbocycles. The van der Waals surface area contributed by atoms with E-state index in [0.29, 0.717) is 16.6 Å². The normalized spacial score (nSPS) is 11.0. The number of halogens is 1. The van der Waals surface area contributed by atoms with Crippen molar-refractivity contribution in [1.29, 1.82) is 0 Å². The van der Waals surface area contributed by atoms with Crippen molar-refractivity contribution in [3.05, 3.63) is 85.9 Å². The molecule has 1 N–H and O–H groups in total. The molecule has 1 heterocycles. The largest absolute Gasteiger partial charge is 0.309 e. The highest BCUT2D eigenvalue weighted by Crippen LogP contribution is 2.18. The number of thiazole rings is 1. The first kappa shape index (κ1) is 15.5. The molecule has 3 rings (SSSR count). The van der Waals surface area contributed by atoms with Crippen LogP contribution in [0.3, 0.4) is 0 Å². The molecule has 0 spiro atoms. The number of benzene rings is 2. The minimum absolute atomic E-state index is 0.0972. The molecule has 1 aromatic heterocycles. The third-order valence-electron chi connectivity index (χ3n) is 3.19. The fraction of sp³-hybridized carbons (Fsp3) is 0.0588. The molecule has 6 heteroatoms. The highest BCUT2D eigenvalue weighted by atomic mass is 35.5. The Hall–Kier alpha value is -2.37. The second-order valence-corrected chi connectivity index (χ2v) is 6.18. The molecule has 2 aromatic carbocycles. The van der Waals surface area contributed by atoms with Crippen molar-refractivity contribution in [2.24, 2.45) is 5.10 Å². The van der Waals surface area contributed by atoms with E-state index in [1.54, 1.807) is 10.8 Å². The number of nitrogens with zero attached hydrogens (tertiary/aromatic N) is 2. The van der Waals surface area contributed by atoms with Crippen molar-refractivity contribution in [2.45, 2.75) is 6.54 Å². The fourth-order valence-electron chi connectivity index (χ4n) is 2.06. The van der Waals surface area contributed by atoms with E-state index >= 15 is 0 Å². The molecule has 0 bridgehead atoms. The monoisotopic (exact) mass is 343 g/mol. The lowest BCUT2D eigenvalue weighted by atomic mass is 10.2. The number of nitrogens with one attached hydrogen (secondary N) is 1. The van der Waals surface area contributed by atoms with E-state index in [2.05, 4.69) is 10.5 Å². The van der Waals surface area contributed by atoms with E-state index in [4.69, 9.17) is 11.6 Å². The molecule has 0 aliphatic carbocycles. The van der Waals surface area contributed by atoms with Crippen LogP contribution in [0.25, 0.3) is 0 Å². The summed E-state index contributed by atoms with van der Waals surface area (Å²) in [5.74, 6) is 0. The number of hydrazone groups is 1. The molecule has 0 aliphatic rings. The second kappa shape index (κ2) is 7.26. The van der Waals surface area contributed by atoms with Gasteiger partial charge in [0.2, 0.25) is 0 Å². The van der Waals surface area contributed by atoms with Crippen molar-refractivity contribution >= 4 is 34.8 Å². The van der Waals surface area contributed by atoms with Gasteiger partial charge in [0.15, 0.2) is 0 Å². The van der Waals surface area contributed by atoms with Gasteiger partial charge in [0.1, 0.15) is 5.15 Å². The first-order valence-corrected chi connectivity index (χ1v) is 8.20. The van der Waals surface area contributed by atoms with Crippen LogP contribution in [0.2, 0.25) is 5.15 Å². The molecule has 3 aromatic rings. The summed E-state index contributed by atoms with van der Waals surface area (Å²) >= 11 is 7.40. The maximum atomic E-state index is 12.1. The zero-order valence-corrected chi connectivity index (χ0v) is 13.7. The lowest BCUT2D eigenvalue weighted by Gasteiger charge is -2.03. The van der Waals surface area contributed by atoms with Gasteiger partial charge < -0.3 is 0 Å². The van der Waals surface area contributed by atoms with E-state index in [1.165, 1.54) is 0 Å². The summed E-state index contributed by atoms with van der Waals surface area (Å²) < 4.78 is 1.55. The highest BCUT2D eigenvalue weighted by Gasteiger charge is 2.11. The van der Waals surface area contributed by atoms with Crippen molar-refractivity contribution < 1.29 is 0 Å². The zero-order chi connectivity index (χ0) is 16.1. The van der Waals surface area contributed by atoms with Gasteiger partial charge in [-0.2, -0.15) is 5.10 Å². The van der Waals surface area contributed by atoms with Gasteiger partial charge in [-0.15, -0.1) is 0 Å². The van der Waals surface area contributed by atoms with Crippen LogP contribution in [-0.2, 0) is 6.54 Å². The summed E-state index contributed by atoms with van der Waals surface area (Å²) in [5, 5.41) is 4.54. The fourth-order valence-corrected chi connectivity index (χ4v) is 3.17. The summed E-state index contributed by atoms with van der Waals surface area (Å²) in [7, 11) is 0. The van der Waals surface area contributed by atoms with Gasteiger partial charge in [-0.25, -0.2) is 0 Å². The van der Waals surface area contributed by atoms with Gasteiger partial charge >= 0.3 is 4.87 Å². The lowest BCUT2D eigenvalue weighted by molar-refractivity contribution is 0.784. The van der Waals surface area contributed by atoms with Gasteiger partial charge in [0.05, 0.1) is 23.3 Å². The first-order valence-electron chi connectivity index (χ1n) is 7.01. The van der Waals surface area contributed by atoms with Crippen molar-refractivity contribution in [3.63, 3.8) is 0 Å². The lowest BCUT2D eigenvalue weighted by Crippen LogP contribution is -2.13. The molecule has 0 radical (unpaired) electrons. The van der Waals surface area contributed by atoms with Gasteiger partial charge in [-0.3, -0.25) is 14.8 Å². The van der Waals surface area contributed by atoms with Crippen LogP contribution in [0.1, 0.15) is 10.4 Å². The Labute approximate surface area is 142 Å². The molecule has 0 unspecified atom stereocenters. The summed E-state index contributed by atoms with van der Waals surface area (Å²) in [6, 6.07) is 19.3. The molecule has 0 saturated heterocycles. The Morgan fingerprint density at radius 3 is 2.43 bits per heavy atom. The van der Waals surface area contributed by atoms with Crippen LogP contribution in [0.4, 0.5) is 5.69 Å². The summed E-state index contributed by atoms with van der Waals surface area (Å²) in [5.41, 5.74) is 4.80. The van der Waals surface area contributed by atoms with Crippen molar-refractivity contribution in [3.8, 4) is 0 Å². The SMILES string of the molecule is O=c1sc(C=NNc2ccccc2)c(Cl)n1Cc1ccccc1. The number of hydrogen-bond acceptors (Lipinski definition) is 4. The Morgan fingerprint density at radius 1 is 1.09 bits per heavy atom. The van der Waals surface area contributed by atoms with Gasteiger partial charge in [-0.05, 0) is 17.7 Å². The summed E-state index contributed by atoms with van der Waals surface area (Å²) in [6.07, 6.45) is 1.57. The summed E-state index contributed by atoms with van der Waals surface area (Å²) in [6.45, 7) is 0.453. The average Bonchev–Trinajstić information content (AvgIpc) is 2.85. The third-order valence-corrected chi connectivity index (χ3v) is 4.62. The van der Waals surface area contributed by atoms with Gasteiger partial charge in [0, 0.05) is 0 Å². The molecular formula is C17H14ClN3OS. The van der Waals surface area contributed by atoms with E-state index in [-0.39, 0.29) is 4.87 Å². The Balaban J connectivity index is 1.77. The van der Waals surface area contributed by atoms with E-state index < -0.39 is 0 Å². The number of anilines is 1. The molecule has 0 aliphatic heterocycles. The van der Waals surface area contributed by atoms with Gasteiger partial charge in [0.25, 0.3) is 0 Å². The smallest absolute Gasteiger partial charge is 0.284 e. The molecule has 0 atom stereocenters. The van der Waals surface area contributed by atoms with Crippen LogP contribution >= 0.6 is 22.9 Å². The predicted octanol–water partition coefficient (Wildman–Crippen LogP) is 4.06. The Morgan fingerprint density at radius 2 is 1.74 bits per heavy atom. The molecule has 23 heavy (non-hydrogen) atoms. The molecule has 4 nitrogen and oxygen atoms in total. The molecule has 0 fully saturated rings. The second-order valence-electron chi connectivity index (χ2n) is 4.83. The van der Waals surface area contributed by atoms with Crippen molar-refractivity contribution in [1.82, 2.24) is 4.57 Å². The number of aromatic nitrogens is 1. The molecular weight excluding hydrogens is 330 g/mol. The van der Waals surface area contributed by atoms with Gasteiger partial charge in [-0.1, -0.05) is 71.5 Å². The van der Waals surface area contributed by atoms with Crippen LogP contribution in [0.15, 0.2) is 70.6 Å².